The van der Waals surface area contributed by atoms with Crippen LogP contribution >= 0.6 is 0 Å². The zero-order valence-corrected chi connectivity index (χ0v) is 16.9. The van der Waals surface area contributed by atoms with Gasteiger partial charge in [0.1, 0.15) is 0 Å². The van der Waals surface area contributed by atoms with Gasteiger partial charge in [-0.15, -0.1) is 0 Å². The number of fused-ring (bicyclic) bond motifs is 1. The lowest BCUT2D eigenvalue weighted by molar-refractivity contribution is 0.238. The van der Waals surface area contributed by atoms with E-state index in [0.29, 0.717) is 23.4 Å². The average Bonchev–Trinajstić information content (AvgIpc) is 3.17. The molecule has 2 aliphatic rings. The first-order valence-corrected chi connectivity index (χ1v) is 10.6. The molecule has 3 heterocycles. The van der Waals surface area contributed by atoms with Crippen LogP contribution in [-0.2, 0) is 13.1 Å². The van der Waals surface area contributed by atoms with Crippen LogP contribution in [0.15, 0.2) is 33.8 Å². The van der Waals surface area contributed by atoms with Gasteiger partial charge in [0.05, 0.1) is 36.9 Å². The van der Waals surface area contributed by atoms with Crippen LogP contribution in [0.2, 0.25) is 0 Å². The summed E-state index contributed by atoms with van der Waals surface area (Å²) in [6.45, 7) is 4.50. The largest absolute Gasteiger partial charge is 0.395 e. The third kappa shape index (κ3) is 3.70. The summed E-state index contributed by atoms with van der Waals surface area (Å²) in [5.41, 5.74) is 1.64. The minimum atomic E-state index is -0.119. The first-order chi connectivity index (χ1) is 14.7. The van der Waals surface area contributed by atoms with Crippen molar-refractivity contribution in [2.24, 2.45) is 0 Å². The smallest absolute Gasteiger partial charge is 0.261 e. The van der Waals surface area contributed by atoms with Gasteiger partial charge in [-0.2, -0.15) is 4.98 Å². The van der Waals surface area contributed by atoms with E-state index in [-0.39, 0.29) is 18.7 Å². The Kier molecular flexibility index (Phi) is 5.22. The monoisotopic (exact) mass is 410 g/mol. The summed E-state index contributed by atoms with van der Waals surface area (Å²) in [7, 11) is 0. The standard InChI is InChI=1S/C21H26N6O3/c28-11-10-27-14-22-18-12-16(4-5-17(18)21(27)29)26-8-6-25(7-9-26)13-19-23-20(30-24-19)15-2-1-3-15/h4-5,12,14-15,28H,1-3,6-11,13H2. The van der Waals surface area contributed by atoms with Gasteiger partial charge in [-0.25, -0.2) is 4.98 Å². The summed E-state index contributed by atoms with van der Waals surface area (Å²) in [5, 5.41) is 13.8. The van der Waals surface area contributed by atoms with Crippen LogP contribution < -0.4 is 10.5 Å². The van der Waals surface area contributed by atoms with Gasteiger partial charge in [0.25, 0.3) is 5.56 Å². The van der Waals surface area contributed by atoms with Crippen molar-refractivity contribution in [3.8, 4) is 0 Å². The molecule has 0 amide bonds. The van der Waals surface area contributed by atoms with Crippen molar-refractivity contribution in [1.29, 1.82) is 0 Å². The fourth-order valence-corrected chi connectivity index (χ4v) is 4.13. The third-order valence-electron chi connectivity index (χ3n) is 6.19. The molecule has 0 atom stereocenters. The highest BCUT2D eigenvalue weighted by molar-refractivity contribution is 5.81. The Morgan fingerprint density at radius 1 is 1.17 bits per heavy atom. The highest BCUT2D eigenvalue weighted by atomic mass is 16.5. The Labute approximate surface area is 173 Å². The number of nitrogens with zero attached hydrogens (tertiary/aromatic N) is 6. The molecule has 1 saturated carbocycles. The molecule has 0 spiro atoms. The third-order valence-corrected chi connectivity index (χ3v) is 6.19. The number of aliphatic hydroxyl groups excluding tert-OH is 1. The number of benzene rings is 1. The van der Waals surface area contributed by atoms with Gasteiger partial charge in [0.2, 0.25) is 5.89 Å². The van der Waals surface area contributed by atoms with Gasteiger partial charge in [0.15, 0.2) is 5.82 Å². The molecular weight excluding hydrogens is 384 g/mol. The molecule has 30 heavy (non-hydrogen) atoms. The number of anilines is 1. The van der Waals surface area contributed by atoms with Gasteiger partial charge in [-0.1, -0.05) is 11.6 Å². The number of aliphatic hydroxyl groups is 1. The van der Waals surface area contributed by atoms with Crippen molar-refractivity contribution in [1.82, 2.24) is 24.6 Å². The molecule has 9 heteroatoms. The van der Waals surface area contributed by atoms with Crippen LogP contribution in [0.1, 0.15) is 36.9 Å². The minimum absolute atomic E-state index is 0.0821. The molecule has 0 radical (unpaired) electrons. The Hall–Kier alpha value is -2.78. The van der Waals surface area contributed by atoms with E-state index in [9.17, 15) is 4.79 Å². The van der Waals surface area contributed by atoms with Crippen molar-refractivity contribution in [2.75, 3.05) is 37.7 Å². The van der Waals surface area contributed by atoms with E-state index < -0.39 is 0 Å². The van der Waals surface area contributed by atoms with E-state index in [1.165, 1.54) is 17.3 Å². The summed E-state index contributed by atoms with van der Waals surface area (Å²) < 4.78 is 6.87. The summed E-state index contributed by atoms with van der Waals surface area (Å²) in [6.07, 6.45) is 5.09. The number of rotatable bonds is 6. The summed E-state index contributed by atoms with van der Waals surface area (Å²) >= 11 is 0. The zero-order valence-electron chi connectivity index (χ0n) is 16.9. The van der Waals surface area contributed by atoms with Gasteiger partial charge in [-0.05, 0) is 31.0 Å². The number of piperazine rings is 1. The lowest BCUT2D eigenvalue weighted by Gasteiger charge is -2.35. The van der Waals surface area contributed by atoms with E-state index in [1.54, 1.807) is 0 Å². The van der Waals surface area contributed by atoms with Crippen molar-refractivity contribution in [3.63, 3.8) is 0 Å². The molecule has 1 aliphatic carbocycles. The van der Waals surface area contributed by atoms with E-state index >= 15 is 0 Å². The SMILES string of the molecule is O=c1c2ccc(N3CCN(Cc4noc(C5CCC5)n4)CC3)cc2ncn1CCO. The summed E-state index contributed by atoms with van der Waals surface area (Å²) in [6, 6.07) is 5.79. The minimum Gasteiger partial charge on any atom is -0.395 e. The van der Waals surface area contributed by atoms with Gasteiger partial charge in [-0.3, -0.25) is 14.3 Å². The molecule has 0 unspecified atom stereocenters. The number of hydrogen-bond acceptors (Lipinski definition) is 8. The molecule has 1 aromatic carbocycles. The van der Waals surface area contributed by atoms with Crippen molar-refractivity contribution in [2.45, 2.75) is 38.3 Å². The molecule has 3 aromatic rings. The van der Waals surface area contributed by atoms with Crippen LogP contribution in [0, 0.1) is 0 Å². The van der Waals surface area contributed by atoms with Gasteiger partial charge >= 0.3 is 0 Å². The van der Waals surface area contributed by atoms with Crippen molar-refractivity contribution >= 4 is 16.6 Å². The maximum Gasteiger partial charge on any atom is 0.261 e. The molecule has 1 aliphatic heterocycles. The highest BCUT2D eigenvalue weighted by Crippen LogP contribution is 2.35. The number of aromatic nitrogens is 4. The first-order valence-electron chi connectivity index (χ1n) is 10.6. The maximum atomic E-state index is 12.5. The predicted octanol–water partition coefficient (Wildman–Crippen LogP) is 1.36. The second-order valence-electron chi connectivity index (χ2n) is 8.11. The Morgan fingerprint density at radius 3 is 2.73 bits per heavy atom. The van der Waals surface area contributed by atoms with Crippen LogP contribution in [0.4, 0.5) is 5.69 Å². The summed E-state index contributed by atoms with van der Waals surface area (Å²) in [4.78, 5) is 26.1. The first kappa shape index (κ1) is 19.2. The average molecular weight is 410 g/mol. The predicted molar refractivity (Wildman–Crippen MR) is 111 cm³/mol. The normalized spacial score (nSPS) is 18.1. The second kappa shape index (κ2) is 8.16. The molecule has 5 rings (SSSR count). The number of hydrogen-bond donors (Lipinski definition) is 1. The Morgan fingerprint density at radius 2 is 2.00 bits per heavy atom. The fraction of sp³-hybridized carbons (Fsp3) is 0.524. The van der Waals surface area contributed by atoms with Gasteiger partial charge < -0.3 is 14.5 Å². The highest BCUT2D eigenvalue weighted by Gasteiger charge is 2.26. The van der Waals surface area contributed by atoms with E-state index in [4.69, 9.17) is 9.63 Å². The maximum absolute atomic E-state index is 12.5. The van der Waals surface area contributed by atoms with Gasteiger partial charge in [0, 0.05) is 37.8 Å². The zero-order chi connectivity index (χ0) is 20.5. The van der Waals surface area contributed by atoms with Crippen LogP contribution in [0.3, 0.4) is 0 Å². The molecule has 0 bridgehead atoms. The summed E-state index contributed by atoms with van der Waals surface area (Å²) in [5.74, 6) is 2.05. The van der Waals surface area contributed by atoms with Crippen LogP contribution in [0.5, 0.6) is 0 Å². The van der Waals surface area contributed by atoms with E-state index in [0.717, 1.165) is 56.4 Å². The molecule has 2 aromatic heterocycles. The van der Waals surface area contributed by atoms with Crippen LogP contribution in [0.25, 0.3) is 10.9 Å². The Bertz CT molecular complexity index is 1080. The lowest BCUT2D eigenvalue weighted by atomic mass is 9.85. The van der Waals surface area contributed by atoms with Crippen molar-refractivity contribution in [3.05, 3.63) is 46.6 Å². The fourth-order valence-electron chi connectivity index (χ4n) is 4.13. The van der Waals surface area contributed by atoms with E-state index in [1.807, 2.05) is 18.2 Å². The van der Waals surface area contributed by atoms with Crippen molar-refractivity contribution < 1.29 is 9.63 Å². The Balaban J connectivity index is 1.22. The molecule has 1 N–H and O–H groups in total. The molecule has 9 nitrogen and oxygen atoms in total. The molecular formula is C21H26N6O3. The topological polar surface area (TPSA) is 101 Å². The molecule has 2 fully saturated rings. The quantitative estimate of drug-likeness (QED) is 0.650. The van der Waals surface area contributed by atoms with E-state index in [2.05, 4.69) is 24.9 Å². The second-order valence-corrected chi connectivity index (χ2v) is 8.11. The lowest BCUT2D eigenvalue weighted by Crippen LogP contribution is -2.46. The molecule has 158 valence electrons. The van der Waals surface area contributed by atoms with Crippen LogP contribution in [-0.4, -0.2) is 62.5 Å². The molecule has 1 saturated heterocycles.